The zero-order valence-electron chi connectivity index (χ0n) is 22.7. The number of anilines is 2. The summed E-state index contributed by atoms with van der Waals surface area (Å²) >= 11 is 5.98. The Morgan fingerprint density at radius 2 is 1.77 bits per heavy atom. The number of nitrogens with zero attached hydrogens (tertiary/aromatic N) is 6. The van der Waals surface area contributed by atoms with E-state index in [1.54, 1.807) is 18.2 Å². The third-order valence-corrected chi connectivity index (χ3v) is 7.54. The first-order valence-corrected chi connectivity index (χ1v) is 15.0. The van der Waals surface area contributed by atoms with E-state index in [1.165, 1.54) is 47.4 Å². The number of nitrogens with one attached hydrogen (secondary N) is 2. The molecule has 1 aliphatic rings. The number of carbonyl (C=O) groups excluding carboxylic acids is 2. The van der Waals surface area contributed by atoms with E-state index in [2.05, 4.69) is 30.9 Å². The van der Waals surface area contributed by atoms with Crippen molar-refractivity contribution in [2.75, 3.05) is 22.8 Å². The molecule has 17 heteroatoms. The smallest absolute Gasteiger partial charge is 0.335 e. The highest BCUT2D eigenvalue weighted by Gasteiger charge is 2.36. The summed E-state index contributed by atoms with van der Waals surface area (Å²) in [5, 5.41) is 25.7. The number of aromatic carboxylic acids is 1. The molecular formula is C27H22ClFN8O6S. The number of carbonyl (C=O) groups is 3. The van der Waals surface area contributed by atoms with Gasteiger partial charge in [-0.1, -0.05) is 23.7 Å². The second kappa shape index (κ2) is 12.2. The predicted octanol–water partition coefficient (Wildman–Crippen LogP) is 2.70. The first-order valence-electron chi connectivity index (χ1n) is 12.7. The van der Waals surface area contributed by atoms with E-state index in [-0.39, 0.29) is 46.2 Å². The molecule has 0 saturated heterocycles. The highest BCUT2D eigenvalue weighted by atomic mass is 35.5. The average Bonchev–Trinajstić information content (AvgIpc) is 3.51. The van der Waals surface area contributed by atoms with Crippen LogP contribution in [0.15, 0.2) is 60.7 Å². The van der Waals surface area contributed by atoms with Crippen molar-refractivity contribution in [2.24, 2.45) is 0 Å². The molecule has 14 nitrogen and oxygen atoms in total. The fourth-order valence-corrected chi connectivity index (χ4v) is 5.51. The minimum Gasteiger partial charge on any atom is -0.478 e. The Morgan fingerprint density at radius 1 is 1.07 bits per heavy atom. The van der Waals surface area contributed by atoms with E-state index in [0.29, 0.717) is 11.1 Å². The predicted molar refractivity (Wildman–Crippen MR) is 156 cm³/mol. The van der Waals surface area contributed by atoms with Gasteiger partial charge in [-0.25, -0.2) is 17.6 Å². The van der Waals surface area contributed by atoms with E-state index >= 15 is 4.39 Å². The maximum atomic E-state index is 15.1. The standard InChI is InChI=1S/C27H22ClFN8O6S/c1-44(42,43)31-21-4-2-3-18-17(21)13-14-36(25(18)26(39)30-16-7-5-15(6-8-16)27(40)41)23(38)12-9-19-22(37-34-32-33-35-37)11-10-20(28)24(19)29/h2-12,25,31H,13-14H2,1H3,(H,30,39)(H,40,41)/b12-9+. The number of hydrogen-bond acceptors (Lipinski definition) is 9. The largest absolute Gasteiger partial charge is 0.478 e. The Hall–Kier alpha value is -5.22. The molecule has 1 aromatic heterocycles. The zero-order valence-corrected chi connectivity index (χ0v) is 24.3. The van der Waals surface area contributed by atoms with Crippen LogP contribution < -0.4 is 10.0 Å². The Balaban J connectivity index is 1.52. The van der Waals surface area contributed by atoms with Gasteiger partial charge in [-0.15, -0.1) is 4.80 Å². The van der Waals surface area contributed by atoms with Crippen molar-refractivity contribution >= 4 is 56.9 Å². The number of sulfonamides is 1. The quantitative estimate of drug-likeness (QED) is 0.241. The van der Waals surface area contributed by atoms with Gasteiger partial charge in [0.1, 0.15) is 6.04 Å². The fraction of sp³-hybridized carbons (Fsp3) is 0.148. The van der Waals surface area contributed by atoms with Crippen molar-refractivity contribution in [3.05, 3.63) is 93.8 Å². The lowest BCUT2D eigenvalue weighted by Gasteiger charge is -2.36. The van der Waals surface area contributed by atoms with Crippen LogP contribution in [-0.4, -0.2) is 74.7 Å². The zero-order chi connectivity index (χ0) is 31.6. The summed E-state index contributed by atoms with van der Waals surface area (Å²) in [6.07, 6.45) is 3.41. The lowest BCUT2D eigenvalue weighted by molar-refractivity contribution is -0.135. The third kappa shape index (κ3) is 6.40. The molecule has 1 unspecified atom stereocenters. The van der Waals surface area contributed by atoms with Gasteiger partial charge in [-0.2, -0.15) is 0 Å². The number of fused-ring (bicyclic) bond motifs is 1. The lowest BCUT2D eigenvalue weighted by Crippen LogP contribution is -2.45. The minimum absolute atomic E-state index is 0.00585. The highest BCUT2D eigenvalue weighted by Crippen LogP contribution is 2.36. The van der Waals surface area contributed by atoms with Crippen LogP contribution in [0.5, 0.6) is 0 Å². The van der Waals surface area contributed by atoms with Gasteiger partial charge in [0.2, 0.25) is 15.9 Å². The Bertz CT molecular complexity index is 1900. The van der Waals surface area contributed by atoms with Crippen molar-refractivity contribution in [2.45, 2.75) is 12.5 Å². The molecule has 0 saturated carbocycles. The van der Waals surface area contributed by atoms with Gasteiger partial charge in [0.15, 0.2) is 5.82 Å². The van der Waals surface area contributed by atoms with E-state index in [0.717, 1.165) is 17.1 Å². The van der Waals surface area contributed by atoms with Gasteiger partial charge in [0.05, 0.1) is 28.2 Å². The van der Waals surface area contributed by atoms with Gasteiger partial charge < -0.3 is 15.3 Å². The monoisotopic (exact) mass is 640 g/mol. The molecule has 0 radical (unpaired) electrons. The molecule has 44 heavy (non-hydrogen) atoms. The summed E-state index contributed by atoms with van der Waals surface area (Å²) in [4.78, 5) is 40.8. The molecule has 0 spiro atoms. The van der Waals surface area contributed by atoms with Crippen molar-refractivity contribution in [1.82, 2.24) is 30.5 Å². The molecule has 3 N–H and O–H groups in total. The molecular weight excluding hydrogens is 619 g/mol. The van der Waals surface area contributed by atoms with E-state index in [4.69, 9.17) is 11.6 Å². The SMILES string of the molecule is CS(=O)(=O)Nc1cccc2c1CCN(C(=O)/C=C/c1c(-n3nnnn3)ccc(Cl)c1F)C2C(=O)Nc1ccc(C(=O)O)cc1. The van der Waals surface area contributed by atoms with Crippen LogP contribution in [0, 0.1) is 5.82 Å². The second-order valence-corrected chi connectivity index (χ2v) is 11.7. The van der Waals surface area contributed by atoms with Crippen LogP contribution in [0.1, 0.15) is 33.1 Å². The van der Waals surface area contributed by atoms with E-state index in [9.17, 15) is 27.9 Å². The number of benzene rings is 3. The number of carboxylic acids is 1. The number of amides is 2. The Morgan fingerprint density at radius 3 is 2.43 bits per heavy atom. The number of hydrogen-bond donors (Lipinski definition) is 3. The van der Waals surface area contributed by atoms with E-state index in [1.807, 2.05) is 0 Å². The van der Waals surface area contributed by atoms with Gasteiger partial charge in [-0.3, -0.25) is 14.3 Å². The molecule has 3 aromatic carbocycles. The van der Waals surface area contributed by atoms with Crippen LogP contribution in [0.4, 0.5) is 15.8 Å². The normalized spacial score (nSPS) is 14.7. The maximum absolute atomic E-state index is 15.1. The maximum Gasteiger partial charge on any atom is 0.335 e. The summed E-state index contributed by atoms with van der Waals surface area (Å²) in [6.45, 7) is -0.00585. The average molecular weight is 641 g/mol. The summed E-state index contributed by atoms with van der Waals surface area (Å²) < 4.78 is 41.5. The van der Waals surface area contributed by atoms with Crippen molar-refractivity contribution in [3.8, 4) is 5.69 Å². The van der Waals surface area contributed by atoms with Crippen molar-refractivity contribution in [3.63, 3.8) is 0 Å². The topological polar surface area (TPSA) is 189 Å². The van der Waals surface area contributed by atoms with Crippen LogP contribution in [0.2, 0.25) is 5.02 Å². The van der Waals surface area contributed by atoms with E-state index < -0.39 is 39.7 Å². The Kier molecular flexibility index (Phi) is 8.37. The molecule has 226 valence electrons. The Labute approximate surface area is 254 Å². The van der Waals surface area contributed by atoms with Gasteiger partial charge >= 0.3 is 5.97 Å². The summed E-state index contributed by atoms with van der Waals surface area (Å²) in [5.74, 6) is -3.33. The summed E-state index contributed by atoms with van der Waals surface area (Å²) in [6, 6.07) is 11.6. The fourth-order valence-electron chi connectivity index (χ4n) is 4.76. The number of rotatable bonds is 8. The van der Waals surface area contributed by atoms with Crippen molar-refractivity contribution in [1.29, 1.82) is 0 Å². The molecule has 2 heterocycles. The lowest BCUT2D eigenvalue weighted by atomic mass is 9.90. The van der Waals surface area contributed by atoms with Crippen LogP contribution >= 0.6 is 11.6 Å². The molecule has 0 fully saturated rings. The van der Waals surface area contributed by atoms with Crippen LogP contribution in [0.25, 0.3) is 11.8 Å². The molecule has 0 bridgehead atoms. The first kappa shape index (κ1) is 30.2. The number of halogens is 2. The second-order valence-electron chi connectivity index (χ2n) is 9.58. The summed E-state index contributed by atoms with van der Waals surface area (Å²) in [7, 11) is -3.67. The van der Waals surface area contributed by atoms with Crippen molar-refractivity contribution < 1.29 is 32.3 Å². The minimum atomic E-state index is -3.67. The number of carboxylic acid groups (broad SMARTS) is 1. The molecule has 1 aliphatic heterocycles. The first-order chi connectivity index (χ1) is 20.9. The molecule has 4 aromatic rings. The molecule has 0 aliphatic carbocycles. The van der Waals surface area contributed by atoms with Crippen LogP contribution in [0.3, 0.4) is 0 Å². The third-order valence-electron chi connectivity index (χ3n) is 6.65. The number of aromatic nitrogens is 5. The van der Waals surface area contributed by atoms with Gasteiger partial charge in [0.25, 0.3) is 5.91 Å². The van der Waals surface area contributed by atoms with Gasteiger partial charge in [0, 0.05) is 23.9 Å². The van der Waals surface area contributed by atoms with Gasteiger partial charge in [-0.05, 0) is 86.9 Å². The highest BCUT2D eigenvalue weighted by molar-refractivity contribution is 7.92. The van der Waals surface area contributed by atoms with Crippen LogP contribution in [-0.2, 0) is 26.0 Å². The summed E-state index contributed by atoms with van der Waals surface area (Å²) in [5.41, 5.74) is 1.37. The molecule has 1 atom stereocenters. The molecule has 2 amide bonds. The molecule has 5 rings (SSSR count).